The molecule has 0 aliphatic carbocycles. The van der Waals surface area contributed by atoms with Crippen molar-refractivity contribution in [3.8, 4) is 5.06 Å². The highest BCUT2D eigenvalue weighted by Gasteiger charge is 2.17. The minimum Gasteiger partial charge on any atom is -0.417 e. The molecule has 4 heteroatoms. The van der Waals surface area contributed by atoms with Gasteiger partial charge in [0.15, 0.2) is 10.8 Å². The molecule has 0 unspecified atom stereocenters. The number of ketones is 1. The number of benzene rings is 1. The molecule has 0 amide bonds. The summed E-state index contributed by atoms with van der Waals surface area (Å²) >= 11 is 1.23. The summed E-state index contributed by atoms with van der Waals surface area (Å²) in [6.07, 6.45) is 0. The molecular formula is C13H10O3S. The third-order valence-electron chi connectivity index (χ3n) is 2.42. The molecule has 0 bridgehead atoms. The number of carbonyl (C=O) groups excluding carboxylic acids is 2. The van der Waals surface area contributed by atoms with Gasteiger partial charge in [-0.2, -0.15) is 0 Å². The van der Waals surface area contributed by atoms with Gasteiger partial charge in [-0.15, -0.1) is 11.3 Å². The number of hydrogen-bond donors (Lipinski definition) is 0. The summed E-state index contributed by atoms with van der Waals surface area (Å²) in [5.74, 6) is -0.124. The van der Waals surface area contributed by atoms with Gasteiger partial charge in [-0.3, -0.25) is 9.59 Å². The predicted molar refractivity (Wildman–Crippen MR) is 65.6 cm³/mol. The van der Waals surface area contributed by atoms with E-state index >= 15 is 0 Å². The van der Waals surface area contributed by atoms with Gasteiger partial charge in [0.25, 0.3) is 6.47 Å². The first kappa shape index (κ1) is 11.5. The molecular weight excluding hydrogens is 236 g/mol. The van der Waals surface area contributed by atoms with Gasteiger partial charge in [-0.05, 0) is 23.9 Å². The molecule has 1 aromatic carbocycles. The van der Waals surface area contributed by atoms with E-state index in [9.17, 15) is 9.59 Å². The van der Waals surface area contributed by atoms with Gasteiger partial charge < -0.3 is 4.74 Å². The van der Waals surface area contributed by atoms with Crippen LogP contribution < -0.4 is 4.74 Å². The second-order valence-corrected chi connectivity index (χ2v) is 4.36. The zero-order valence-electron chi connectivity index (χ0n) is 9.17. The first-order valence-corrected chi connectivity index (χ1v) is 5.90. The fraction of sp³-hybridized carbons (Fsp3) is 0.0769. The topological polar surface area (TPSA) is 43.4 Å². The summed E-state index contributed by atoms with van der Waals surface area (Å²) in [5, 5.41) is 2.07. The Bertz CT molecular complexity index is 557. The van der Waals surface area contributed by atoms with E-state index < -0.39 is 0 Å². The Balaban J connectivity index is 2.41. The predicted octanol–water partition coefficient (Wildman–Crippen LogP) is 2.82. The molecule has 0 fully saturated rings. The average Bonchev–Trinajstić information content (AvgIpc) is 2.78. The number of hydrogen-bond acceptors (Lipinski definition) is 4. The Morgan fingerprint density at radius 1 is 1.24 bits per heavy atom. The van der Waals surface area contributed by atoms with Gasteiger partial charge in [0, 0.05) is 5.56 Å². The Morgan fingerprint density at radius 3 is 2.71 bits per heavy atom. The van der Waals surface area contributed by atoms with E-state index in [1.165, 1.54) is 11.3 Å². The monoisotopic (exact) mass is 246 g/mol. The van der Waals surface area contributed by atoms with Crippen molar-refractivity contribution in [2.24, 2.45) is 0 Å². The van der Waals surface area contributed by atoms with Crippen LogP contribution in [0, 0.1) is 6.92 Å². The number of thiophene rings is 1. The van der Waals surface area contributed by atoms with Crippen LogP contribution in [0.1, 0.15) is 21.5 Å². The van der Waals surface area contributed by atoms with Crippen molar-refractivity contribution in [2.75, 3.05) is 0 Å². The van der Waals surface area contributed by atoms with Gasteiger partial charge in [-0.1, -0.05) is 24.3 Å². The normalized spacial score (nSPS) is 9.94. The SMILES string of the molecule is Cc1ccccc1C(=O)c1ccsc1OC=O. The smallest absolute Gasteiger partial charge is 0.299 e. The molecule has 0 radical (unpaired) electrons. The van der Waals surface area contributed by atoms with E-state index in [0.717, 1.165) is 5.56 Å². The summed E-state index contributed by atoms with van der Waals surface area (Å²) in [6.45, 7) is 2.21. The third kappa shape index (κ3) is 2.26. The molecule has 2 aromatic rings. The van der Waals surface area contributed by atoms with E-state index in [1.54, 1.807) is 17.5 Å². The fourth-order valence-corrected chi connectivity index (χ4v) is 2.28. The molecule has 0 aliphatic rings. The molecule has 17 heavy (non-hydrogen) atoms. The fourth-order valence-electron chi connectivity index (χ4n) is 1.57. The molecule has 0 atom stereocenters. The van der Waals surface area contributed by atoms with Gasteiger partial charge >= 0.3 is 0 Å². The van der Waals surface area contributed by atoms with Gasteiger partial charge in [0.05, 0.1) is 5.56 Å². The quantitative estimate of drug-likeness (QED) is 0.615. The first-order chi connectivity index (χ1) is 8.24. The van der Waals surface area contributed by atoms with Crippen LogP contribution in [-0.4, -0.2) is 12.3 Å². The molecule has 0 spiro atoms. The zero-order valence-corrected chi connectivity index (χ0v) is 9.99. The van der Waals surface area contributed by atoms with Crippen LogP contribution in [0.2, 0.25) is 0 Å². The number of carbonyl (C=O) groups is 2. The molecule has 1 aromatic heterocycles. The van der Waals surface area contributed by atoms with Crippen molar-refractivity contribution in [1.82, 2.24) is 0 Å². The third-order valence-corrected chi connectivity index (χ3v) is 3.22. The van der Waals surface area contributed by atoms with Crippen molar-refractivity contribution < 1.29 is 14.3 Å². The highest BCUT2D eigenvalue weighted by Crippen LogP contribution is 2.28. The van der Waals surface area contributed by atoms with Crippen LogP contribution in [0.25, 0.3) is 0 Å². The van der Waals surface area contributed by atoms with E-state index in [1.807, 2.05) is 25.1 Å². The Hall–Kier alpha value is -1.94. The Morgan fingerprint density at radius 2 is 2.00 bits per heavy atom. The molecule has 3 nitrogen and oxygen atoms in total. The molecule has 0 saturated carbocycles. The second kappa shape index (κ2) is 4.93. The number of ether oxygens (including phenoxy) is 1. The van der Waals surface area contributed by atoms with E-state index in [-0.39, 0.29) is 5.78 Å². The van der Waals surface area contributed by atoms with Crippen LogP contribution in [-0.2, 0) is 4.79 Å². The summed E-state index contributed by atoms with van der Waals surface area (Å²) in [4.78, 5) is 22.6. The molecule has 0 aliphatic heterocycles. The van der Waals surface area contributed by atoms with Crippen molar-refractivity contribution in [2.45, 2.75) is 6.92 Å². The first-order valence-electron chi connectivity index (χ1n) is 5.02. The van der Waals surface area contributed by atoms with E-state index in [0.29, 0.717) is 22.7 Å². The van der Waals surface area contributed by atoms with Gasteiger partial charge in [-0.25, -0.2) is 0 Å². The van der Waals surface area contributed by atoms with Crippen molar-refractivity contribution >= 4 is 23.6 Å². The molecule has 1 heterocycles. The number of aryl methyl sites for hydroxylation is 1. The van der Waals surface area contributed by atoms with Crippen molar-refractivity contribution in [3.63, 3.8) is 0 Å². The zero-order chi connectivity index (χ0) is 12.3. The highest BCUT2D eigenvalue weighted by atomic mass is 32.1. The lowest BCUT2D eigenvalue weighted by Gasteiger charge is -2.04. The number of rotatable bonds is 4. The maximum atomic E-state index is 12.2. The molecule has 0 N–H and O–H groups in total. The van der Waals surface area contributed by atoms with Crippen LogP contribution in [0.5, 0.6) is 5.06 Å². The van der Waals surface area contributed by atoms with E-state index in [4.69, 9.17) is 4.74 Å². The highest BCUT2D eigenvalue weighted by molar-refractivity contribution is 7.12. The van der Waals surface area contributed by atoms with Crippen molar-refractivity contribution in [3.05, 3.63) is 52.4 Å². The standard InChI is InChI=1S/C13H10O3S/c1-9-4-2-3-5-10(9)12(15)11-6-7-17-13(11)16-8-14/h2-8H,1H3. The van der Waals surface area contributed by atoms with Crippen molar-refractivity contribution in [1.29, 1.82) is 0 Å². The lowest BCUT2D eigenvalue weighted by molar-refractivity contribution is -0.120. The minimum absolute atomic E-state index is 0.124. The van der Waals surface area contributed by atoms with Gasteiger partial charge in [0.1, 0.15) is 0 Å². The average molecular weight is 246 g/mol. The van der Waals surface area contributed by atoms with Gasteiger partial charge in [0.2, 0.25) is 0 Å². The van der Waals surface area contributed by atoms with E-state index in [2.05, 4.69) is 0 Å². The summed E-state index contributed by atoms with van der Waals surface area (Å²) in [5.41, 5.74) is 1.96. The molecule has 2 rings (SSSR count). The van der Waals surface area contributed by atoms with Crippen LogP contribution >= 0.6 is 11.3 Å². The lowest BCUT2D eigenvalue weighted by Crippen LogP contribution is -2.04. The summed E-state index contributed by atoms with van der Waals surface area (Å²) in [6, 6.07) is 8.99. The minimum atomic E-state index is -0.124. The summed E-state index contributed by atoms with van der Waals surface area (Å²) < 4.78 is 4.78. The second-order valence-electron chi connectivity index (χ2n) is 3.48. The molecule has 86 valence electrons. The summed E-state index contributed by atoms with van der Waals surface area (Å²) in [7, 11) is 0. The lowest BCUT2D eigenvalue weighted by atomic mass is 10.0. The Labute approximate surface area is 103 Å². The van der Waals surface area contributed by atoms with Crippen LogP contribution in [0.3, 0.4) is 0 Å². The van der Waals surface area contributed by atoms with Crippen LogP contribution in [0.15, 0.2) is 35.7 Å². The Kier molecular flexibility index (Phi) is 3.35. The largest absolute Gasteiger partial charge is 0.417 e. The maximum Gasteiger partial charge on any atom is 0.299 e. The van der Waals surface area contributed by atoms with Crippen LogP contribution in [0.4, 0.5) is 0 Å². The molecule has 0 saturated heterocycles. The maximum absolute atomic E-state index is 12.2.